The molecule has 2 aromatic carbocycles. The fourth-order valence-electron chi connectivity index (χ4n) is 2.61. The van der Waals surface area contributed by atoms with E-state index >= 15 is 0 Å². The molecule has 0 aliphatic carbocycles. The van der Waals surface area contributed by atoms with Gasteiger partial charge in [-0.2, -0.15) is 0 Å². The summed E-state index contributed by atoms with van der Waals surface area (Å²) in [6, 6.07) is 7.85. The van der Waals surface area contributed by atoms with Gasteiger partial charge in [0, 0.05) is 12.1 Å². The molecule has 190 valence electrons. The maximum Gasteiger partial charge on any atom is 1.00 e. The van der Waals surface area contributed by atoms with Crippen LogP contribution in [0.1, 0.15) is 15.9 Å². The van der Waals surface area contributed by atoms with E-state index < -0.39 is 73.2 Å². The summed E-state index contributed by atoms with van der Waals surface area (Å²) in [5.41, 5.74) is 0.0657. The molecule has 0 aliphatic heterocycles. The zero-order valence-corrected chi connectivity index (χ0v) is 30.3. The molecule has 0 saturated heterocycles. The van der Waals surface area contributed by atoms with Crippen molar-refractivity contribution in [3.05, 3.63) is 53.6 Å². The summed E-state index contributed by atoms with van der Waals surface area (Å²) >= 11 is 0. The van der Waals surface area contributed by atoms with Crippen LogP contribution in [0.3, 0.4) is 0 Å². The second-order valence-electron chi connectivity index (χ2n) is 6.70. The van der Waals surface area contributed by atoms with Crippen molar-refractivity contribution in [2.75, 3.05) is 26.4 Å². The van der Waals surface area contributed by atoms with Crippen LogP contribution in [-0.2, 0) is 19.2 Å². The van der Waals surface area contributed by atoms with E-state index in [0.29, 0.717) is 5.56 Å². The number of ether oxygens (including phenoxy) is 4. The molecule has 0 amide bonds. The number of aliphatic carboxylic acids is 4. The van der Waals surface area contributed by atoms with Gasteiger partial charge in [0.2, 0.25) is 0 Å². The van der Waals surface area contributed by atoms with Gasteiger partial charge in [0.15, 0.2) is 5.78 Å². The SMILES string of the molecule is O=C([O-])COc1ccc(/C=C/C(=O)c2c(OCC(=O)[O-])cc(OCC(=O)[O-])cc2OCC(=O)[O-])cc1.[Na+].[Na+].[Na+].[Na+]. The third-order valence-corrected chi connectivity index (χ3v) is 4.00. The first kappa shape index (κ1) is 43.4. The first-order valence-corrected chi connectivity index (χ1v) is 9.86. The number of hydrogen-bond donors (Lipinski definition) is 0. The van der Waals surface area contributed by atoms with Crippen molar-refractivity contribution < 1.29 is 182 Å². The van der Waals surface area contributed by atoms with E-state index in [2.05, 4.69) is 0 Å². The largest absolute Gasteiger partial charge is 1.00 e. The van der Waals surface area contributed by atoms with E-state index in [0.717, 1.165) is 18.2 Å². The molecule has 0 spiro atoms. The number of carbonyl (C=O) groups excluding carboxylic acids is 5. The van der Waals surface area contributed by atoms with Gasteiger partial charge in [0.25, 0.3) is 0 Å². The zero-order valence-electron chi connectivity index (χ0n) is 22.3. The van der Waals surface area contributed by atoms with Crippen molar-refractivity contribution >= 4 is 35.7 Å². The molecule has 0 aromatic heterocycles. The smallest absolute Gasteiger partial charge is 0.546 e. The normalized spacial score (nSPS) is 9.40. The summed E-state index contributed by atoms with van der Waals surface area (Å²) in [5, 5.41) is 42.9. The van der Waals surface area contributed by atoms with Crippen LogP contribution in [0.25, 0.3) is 6.08 Å². The van der Waals surface area contributed by atoms with Crippen LogP contribution >= 0.6 is 0 Å². The van der Waals surface area contributed by atoms with Crippen molar-refractivity contribution in [1.82, 2.24) is 0 Å². The van der Waals surface area contributed by atoms with Crippen molar-refractivity contribution in [2.24, 2.45) is 0 Å². The molecular weight excluding hydrogens is 576 g/mol. The molecule has 0 saturated carbocycles. The van der Waals surface area contributed by atoms with Crippen molar-refractivity contribution in [2.45, 2.75) is 0 Å². The minimum Gasteiger partial charge on any atom is -0.546 e. The number of carboxylic acids is 4. The molecule has 0 atom stereocenters. The van der Waals surface area contributed by atoms with Crippen LogP contribution in [0.5, 0.6) is 23.0 Å². The van der Waals surface area contributed by atoms with E-state index in [4.69, 9.17) is 18.9 Å². The van der Waals surface area contributed by atoms with Gasteiger partial charge in [-0.05, 0) is 23.8 Å². The van der Waals surface area contributed by atoms with Crippen molar-refractivity contribution in [3.8, 4) is 23.0 Å². The summed E-state index contributed by atoms with van der Waals surface area (Å²) in [6.45, 7) is -3.60. The Labute approximate surface area is 316 Å². The van der Waals surface area contributed by atoms with Crippen LogP contribution in [0, 0.1) is 0 Å². The van der Waals surface area contributed by atoms with Gasteiger partial charge >= 0.3 is 118 Å². The third kappa shape index (κ3) is 16.4. The topological polar surface area (TPSA) is 215 Å². The molecule has 13 nitrogen and oxygen atoms in total. The summed E-state index contributed by atoms with van der Waals surface area (Å²) in [4.78, 5) is 55.8. The monoisotopic (exact) mass is 592 g/mol. The number of carboxylic acid groups (broad SMARTS) is 4. The van der Waals surface area contributed by atoms with Crippen LogP contribution in [0.15, 0.2) is 42.5 Å². The maximum atomic E-state index is 13.0. The molecule has 2 aromatic rings. The first-order valence-electron chi connectivity index (χ1n) is 9.86. The summed E-state index contributed by atoms with van der Waals surface area (Å²) in [5.74, 6) is -8.00. The Bertz CT molecular complexity index is 1140. The molecule has 0 bridgehead atoms. The van der Waals surface area contributed by atoms with E-state index in [1.165, 1.54) is 30.3 Å². The molecule has 0 fully saturated rings. The average Bonchev–Trinajstić information content (AvgIpc) is 2.82. The minimum absolute atomic E-state index is 0. The fraction of sp³-hybridized carbons (Fsp3) is 0.174. The predicted octanol–water partition coefficient (Wildman–Crippen LogP) is -15.9. The Kier molecular flexibility index (Phi) is 24.4. The molecule has 0 heterocycles. The first-order chi connectivity index (χ1) is 17.0. The van der Waals surface area contributed by atoms with Gasteiger partial charge in [-0.25, -0.2) is 0 Å². The third-order valence-electron chi connectivity index (χ3n) is 4.00. The Morgan fingerprint density at radius 3 is 1.35 bits per heavy atom. The van der Waals surface area contributed by atoms with Gasteiger partial charge in [0.05, 0.1) is 23.9 Å². The summed E-state index contributed by atoms with van der Waals surface area (Å²) in [6.07, 6.45) is 2.36. The van der Waals surface area contributed by atoms with Gasteiger partial charge in [-0.3, -0.25) is 4.79 Å². The van der Waals surface area contributed by atoms with Gasteiger partial charge < -0.3 is 58.6 Å². The van der Waals surface area contributed by atoms with Crippen molar-refractivity contribution in [3.63, 3.8) is 0 Å². The number of carbonyl (C=O) groups is 5. The van der Waals surface area contributed by atoms with E-state index in [1.807, 2.05) is 0 Å². The summed E-state index contributed by atoms with van der Waals surface area (Å²) in [7, 11) is 0. The zero-order chi connectivity index (χ0) is 26.7. The second-order valence-corrected chi connectivity index (χ2v) is 6.70. The quantitative estimate of drug-likeness (QED) is 0.107. The number of hydrogen-bond acceptors (Lipinski definition) is 13. The number of rotatable bonds is 15. The molecule has 0 radical (unpaired) electrons. The number of ketones is 1. The van der Waals surface area contributed by atoms with Gasteiger partial charge in [-0.1, -0.05) is 18.2 Å². The molecule has 17 heteroatoms. The Hall–Kier alpha value is -1.07. The molecule has 0 aliphatic rings. The van der Waals surface area contributed by atoms with Gasteiger partial charge in [-0.15, -0.1) is 0 Å². The molecule has 2 rings (SSSR count). The Balaban J connectivity index is -0.00000342. The predicted molar refractivity (Wildman–Crippen MR) is 108 cm³/mol. The Morgan fingerprint density at radius 1 is 0.575 bits per heavy atom. The molecule has 0 N–H and O–H groups in total. The van der Waals surface area contributed by atoms with Crippen LogP contribution < -0.4 is 158 Å². The summed E-state index contributed by atoms with van der Waals surface area (Å²) < 4.78 is 20.0. The fourth-order valence-corrected chi connectivity index (χ4v) is 2.61. The van der Waals surface area contributed by atoms with Gasteiger partial charge in [0.1, 0.15) is 55.0 Å². The van der Waals surface area contributed by atoms with Crippen LogP contribution in [0.4, 0.5) is 0 Å². The van der Waals surface area contributed by atoms with E-state index in [9.17, 15) is 44.4 Å². The minimum atomic E-state index is -1.65. The van der Waals surface area contributed by atoms with E-state index in [1.54, 1.807) is 0 Å². The van der Waals surface area contributed by atoms with Crippen molar-refractivity contribution in [1.29, 1.82) is 0 Å². The average molecular weight is 592 g/mol. The van der Waals surface area contributed by atoms with Crippen LogP contribution in [0.2, 0.25) is 0 Å². The maximum absolute atomic E-state index is 13.0. The number of allylic oxidation sites excluding steroid dienone is 1. The molecular formula is C23H16Na4O13. The van der Waals surface area contributed by atoms with E-state index in [-0.39, 0.29) is 130 Å². The number of benzene rings is 2. The Morgan fingerprint density at radius 2 is 0.950 bits per heavy atom. The molecule has 0 unspecified atom stereocenters. The molecule has 40 heavy (non-hydrogen) atoms. The van der Waals surface area contributed by atoms with Crippen LogP contribution in [-0.4, -0.2) is 56.1 Å². The second kappa shape index (κ2) is 22.5. The standard InChI is InChI=1S/C23H20O13.4Na/c24-16(6-3-13-1-4-14(5-2-13)33-9-19(25)26)23-17(35-11-21(29)30)7-15(34-10-20(27)28)8-18(23)36-12-22(31)32;;;;/h1-8H,9-12H2,(H,25,26)(H,27,28)(H,29,30)(H,31,32);;;;/q;4*+1/p-4/b6-3+;;;;.